The minimum atomic E-state index is -0.374. The lowest BCUT2D eigenvalue weighted by atomic mass is 10.1. The second-order valence-electron chi connectivity index (χ2n) is 6.50. The summed E-state index contributed by atoms with van der Waals surface area (Å²) >= 11 is 0. The van der Waals surface area contributed by atoms with Crippen LogP contribution >= 0.6 is 0 Å². The van der Waals surface area contributed by atoms with Gasteiger partial charge in [0, 0.05) is 11.1 Å². The summed E-state index contributed by atoms with van der Waals surface area (Å²) in [6, 6.07) is 17.9. The SMILES string of the molecule is O=C(NCc1ccco1)c1ccc2c(=O)nc3c(-c4ccccc4)n[nH]n3c2c1. The van der Waals surface area contributed by atoms with E-state index in [0.29, 0.717) is 33.6 Å². The molecule has 0 aliphatic rings. The number of H-pyrrole nitrogens is 1. The molecule has 0 radical (unpaired) electrons. The van der Waals surface area contributed by atoms with Gasteiger partial charge in [-0.15, -0.1) is 0 Å². The summed E-state index contributed by atoms with van der Waals surface area (Å²) in [5, 5.41) is 10.4. The molecule has 8 heteroatoms. The Morgan fingerprint density at radius 1 is 1.10 bits per heavy atom. The molecule has 3 heterocycles. The molecule has 29 heavy (non-hydrogen) atoms. The predicted molar refractivity (Wildman–Crippen MR) is 106 cm³/mol. The molecule has 0 saturated heterocycles. The number of aromatic nitrogens is 4. The van der Waals surface area contributed by atoms with E-state index in [1.54, 1.807) is 41.1 Å². The second-order valence-corrected chi connectivity index (χ2v) is 6.50. The maximum Gasteiger partial charge on any atom is 0.281 e. The molecule has 2 aromatic carbocycles. The zero-order valence-electron chi connectivity index (χ0n) is 15.1. The van der Waals surface area contributed by atoms with Gasteiger partial charge in [0.25, 0.3) is 11.5 Å². The van der Waals surface area contributed by atoms with E-state index in [4.69, 9.17) is 4.42 Å². The number of aromatic amines is 1. The summed E-state index contributed by atoms with van der Waals surface area (Å²) in [4.78, 5) is 29.3. The van der Waals surface area contributed by atoms with Crippen molar-refractivity contribution in [1.82, 2.24) is 25.1 Å². The quantitative estimate of drug-likeness (QED) is 0.495. The molecule has 0 unspecified atom stereocenters. The molecule has 2 N–H and O–H groups in total. The molecule has 3 aromatic heterocycles. The lowest BCUT2D eigenvalue weighted by Gasteiger charge is -2.06. The van der Waals surface area contributed by atoms with E-state index in [1.807, 2.05) is 30.3 Å². The third kappa shape index (κ3) is 2.96. The normalized spacial score (nSPS) is 11.2. The van der Waals surface area contributed by atoms with Crippen LogP contribution in [-0.2, 0) is 6.54 Å². The van der Waals surface area contributed by atoms with E-state index in [-0.39, 0.29) is 18.0 Å². The van der Waals surface area contributed by atoms with Crippen LogP contribution in [0.2, 0.25) is 0 Å². The second kappa shape index (κ2) is 6.75. The zero-order chi connectivity index (χ0) is 19.8. The van der Waals surface area contributed by atoms with Crippen LogP contribution in [0.4, 0.5) is 0 Å². The molecule has 0 aliphatic heterocycles. The van der Waals surface area contributed by atoms with E-state index < -0.39 is 0 Å². The number of rotatable bonds is 4. The lowest BCUT2D eigenvalue weighted by molar-refractivity contribution is 0.0948. The first-order valence-electron chi connectivity index (χ1n) is 8.97. The van der Waals surface area contributed by atoms with Crippen LogP contribution in [0.25, 0.3) is 27.8 Å². The van der Waals surface area contributed by atoms with Gasteiger partial charge in [0.05, 0.1) is 23.7 Å². The molecular formula is C21H15N5O3. The van der Waals surface area contributed by atoms with Crippen LogP contribution in [-0.4, -0.2) is 25.7 Å². The number of furan rings is 1. The van der Waals surface area contributed by atoms with Crippen molar-refractivity contribution in [3.8, 4) is 11.3 Å². The Bertz CT molecular complexity index is 1380. The van der Waals surface area contributed by atoms with Crippen molar-refractivity contribution < 1.29 is 9.21 Å². The Labute approximate surface area is 163 Å². The number of nitrogens with zero attached hydrogens (tertiary/aromatic N) is 3. The van der Waals surface area contributed by atoms with Gasteiger partial charge in [-0.3, -0.25) is 9.59 Å². The molecule has 8 nitrogen and oxygen atoms in total. The first-order valence-corrected chi connectivity index (χ1v) is 8.97. The minimum Gasteiger partial charge on any atom is -0.467 e. The molecule has 0 aliphatic carbocycles. The standard InChI is InChI=1S/C21H15N5O3/c27-20(22-12-15-7-4-10-29-15)14-8-9-16-17(11-14)26-19(23-21(16)28)18(24-25-26)13-5-2-1-3-6-13/h1-11,25H,12H2,(H,22,27). The Balaban J connectivity index is 1.59. The van der Waals surface area contributed by atoms with Gasteiger partial charge in [-0.05, 0) is 30.3 Å². The Kier molecular flexibility index (Phi) is 3.94. The van der Waals surface area contributed by atoms with Crippen LogP contribution in [0.1, 0.15) is 16.1 Å². The average Bonchev–Trinajstić information content (AvgIpc) is 3.42. The molecule has 0 atom stereocenters. The number of amides is 1. The van der Waals surface area contributed by atoms with Crippen molar-refractivity contribution in [2.75, 3.05) is 0 Å². The molecule has 1 amide bonds. The highest BCUT2D eigenvalue weighted by atomic mass is 16.3. The first kappa shape index (κ1) is 16.9. The largest absolute Gasteiger partial charge is 0.467 e. The van der Waals surface area contributed by atoms with Gasteiger partial charge in [0.2, 0.25) is 0 Å². The molecule has 0 fully saturated rings. The van der Waals surface area contributed by atoms with Crippen molar-refractivity contribution in [2.24, 2.45) is 0 Å². The van der Waals surface area contributed by atoms with Crippen molar-refractivity contribution in [1.29, 1.82) is 0 Å². The molecule has 5 rings (SSSR count). The maximum atomic E-state index is 12.6. The molecule has 5 aromatic rings. The molecule has 0 saturated carbocycles. The number of carbonyl (C=O) groups excluding carboxylic acids is 1. The van der Waals surface area contributed by atoms with E-state index in [1.165, 1.54) is 0 Å². The van der Waals surface area contributed by atoms with Crippen LogP contribution in [0, 0.1) is 0 Å². The number of hydrogen-bond donors (Lipinski definition) is 2. The number of fused-ring (bicyclic) bond motifs is 3. The lowest BCUT2D eigenvalue weighted by Crippen LogP contribution is -2.22. The number of nitrogens with one attached hydrogen (secondary N) is 2. The molecule has 142 valence electrons. The Hall–Kier alpha value is -4.20. The van der Waals surface area contributed by atoms with Gasteiger partial charge >= 0.3 is 0 Å². The van der Waals surface area contributed by atoms with Crippen LogP contribution in [0.15, 0.2) is 76.1 Å². The average molecular weight is 385 g/mol. The number of hydrogen-bond acceptors (Lipinski definition) is 5. The van der Waals surface area contributed by atoms with Crippen molar-refractivity contribution in [3.05, 3.63) is 88.6 Å². The monoisotopic (exact) mass is 385 g/mol. The summed E-state index contributed by atoms with van der Waals surface area (Å²) in [6.07, 6.45) is 1.55. The zero-order valence-corrected chi connectivity index (χ0v) is 15.1. The fraction of sp³-hybridized carbons (Fsp3) is 0.0476. The Morgan fingerprint density at radius 2 is 1.97 bits per heavy atom. The topological polar surface area (TPSA) is 105 Å². The fourth-order valence-corrected chi connectivity index (χ4v) is 3.24. The van der Waals surface area contributed by atoms with Crippen molar-refractivity contribution in [2.45, 2.75) is 6.54 Å². The van der Waals surface area contributed by atoms with Gasteiger partial charge in [-0.25, -0.2) is 9.73 Å². The maximum absolute atomic E-state index is 12.6. The number of benzene rings is 2. The third-order valence-electron chi connectivity index (χ3n) is 4.67. The van der Waals surface area contributed by atoms with Gasteiger partial charge in [0.15, 0.2) is 5.65 Å². The van der Waals surface area contributed by atoms with Crippen molar-refractivity contribution >= 4 is 22.5 Å². The van der Waals surface area contributed by atoms with Crippen LogP contribution in [0.5, 0.6) is 0 Å². The highest BCUT2D eigenvalue weighted by Gasteiger charge is 2.15. The summed E-state index contributed by atoms with van der Waals surface area (Å²) < 4.78 is 6.84. The van der Waals surface area contributed by atoms with Crippen LogP contribution in [0.3, 0.4) is 0 Å². The van der Waals surface area contributed by atoms with Gasteiger partial charge < -0.3 is 9.73 Å². The molecule has 0 bridgehead atoms. The van der Waals surface area contributed by atoms with Crippen molar-refractivity contribution in [3.63, 3.8) is 0 Å². The van der Waals surface area contributed by atoms with Gasteiger partial charge in [-0.2, -0.15) is 10.1 Å². The summed E-state index contributed by atoms with van der Waals surface area (Å²) in [6.45, 7) is 0.276. The predicted octanol–water partition coefficient (Wildman–Crippen LogP) is 2.76. The first-order chi connectivity index (χ1) is 14.2. The third-order valence-corrected chi connectivity index (χ3v) is 4.67. The highest BCUT2D eigenvalue weighted by molar-refractivity contribution is 5.98. The van der Waals surface area contributed by atoms with Gasteiger partial charge in [-0.1, -0.05) is 30.3 Å². The summed E-state index contributed by atoms with van der Waals surface area (Å²) in [5.74, 6) is 0.382. The Morgan fingerprint density at radius 3 is 2.76 bits per heavy atom. The number of carbonyl (C=O) groups is 1. The summed E-state index contributed by atoms with van der Waals surface area (Å²) in [7, 11) is 0. The van der Waals surface area contributed by atoms with E-state index in [0.717, 1.165) is 5.56 Å². The minimum absolute atomic E-state index is 0.274. The highest BCUT2D eigenvalue weighted by Crippen LogP contribution is 2.22. The summed E-state index contributed by atoms with van der Waals surface area (Å²) in [5.41, 5.74) is 2.38. The van der Waals surface area contributed by atoms with E-state index in [2.05, 4.69) is 20.6 Å². The van der Waals surface area contributed by atoms with Crippen LogP contribution < -0.4 is 10.9 Å². The van der Waals surface area contributed by atoms with E-state index >= 15 is 0 Å². The van der Waals surface area contributed by atoms with E-state index in [9.17, 15) is 9.59 Å². The molecule has 0 spiro atoms. The fourth-order valence-electron chi connectivity index (χ4n) is 3.24. The molecular weight excluding hydrogens is 370 g/mol. The smallest absolute Gasteiger partial charge is 0.281 e. The van der Waals surface area contributed by atoms with Gasteiger partial charge in [0.1, 0.15) is 11.5 Å².